The fourth-order valence-electron chi connectivity index (χ4n) is 1.24. The highest BCUT2D eigenvalue weighted by Gasteiger charge is 2.02. The van der Waals surface area contributed by atoms with Crippen LogP contribution in [0.4, 0.5) is 11.4 Å². The number of nitro groups is 1. The highest BCUT2D eigenvalue weighted by atomic mass is 16.6. The summed E-state index contributed by atoms with van der Waals surface area (Å²) in [5.41, 5.74) is 4.71. The van der Waals surface area contributed by atoms with Gasteiger partial charge in [0.1, 0.15) is 0 Å². The van der Waals surface area contributed by atoms with E-state index in [1.165, 1.54) is 12.1 Å². The molecule has 86 valence electrons. The molecule has 0 atom stereocenters. The minimum Gasteiger partial charge on any atom is -0.279 e. The summed E-state index contributed by atoms with van der Waals surface area (Å²) in [5.74, 6) is 0. The van der Waals surface area contributed by atoms with Crippen molar-refractivity contribution in [3.8, 4) is 0 Å². The Balaban J connectivity index is 2.62. The van der Waals surface area contributed by atoms with E-state index in [9.17, 15) is 10.1 Å². The third kappa shape index (κ3) is 3.68. The Labute approximate surface area is 94.3 Å². The molecule has 0 fully saturated rings. The first-order valence-electron chi connectivity index (χ1n) is 5.17. The topological polar surface area (TPSA) is 67.5 Å². The number of benzene rings is 1. The quantitative estimate of drug-likeness (QED) is 0.471. The van der Waals surface area contributed by atoms with E-state index in [-0.39, 0.29) is 5.69 Å². The molecule has 1 aromatic rings. The summed E-state index contributed by atoms with van der Waals surface area (Å²) in [6, 6.07) is 6.18. The van der Waals surface area contributed by atoms with Crippen molar-refractivity contribution in [3.63, 3.8) is 0 Å². The molecule has 0 heterocycles. The molecule has 0 radical (unpaired) electrons. The maximum atomic E-state index is 10.4. The van der Waals surface area contributed by atoms with Gasteiger partial charge in [0.05, 0.1) is 10.6 Å². The van der Waals surface area contributed by atoms with Crippen molar-refractivity contribution in [2.75, 3.05) is 5.43 Å². The average Bonchev–Trinajstić information content (AvgIpc) is 2.27. The molecule has 0 spiro atoms. The zero-order valence-electron chi connectivity index (χ0n) is 9.43. The van der Waals surface area contributed by atoms with Gasteiger partial charge >= 0.3 is 0 Å². The second-order valence-corrected chi connectivity index (χ2v) is 3.51. The summed E-state index contributed by atoms with van der Waals surface area (Å²) in [6.07, 6.45) is 2.00. The van der Waals surface area contributed by atoms with Crippen LogP contribution in [0.1, 0.15) is 26.7 Å². The Bertz CT molecular complexity index is 385. The standard InChI is InChI=1S/C11H15N3O2/c1-3-4-9(2)12-13-10-5-7-11(8-6-10)14(15)16/h5-8,13H,3-4H2,1-2H3. The first kappa shape index (κ1) is 12.2. The van der Waals surface area contributed by atoms with Gasteiger partial charge in [-0.2, -0.15) is 5.10 Å². The molecule has 0 bridgehead atoms. The van der Waals surface area contributed by atoms with Crippen LogP contribution >= 0.6 is 0 Å². The van der Waals surface area contributed by atoms with Gasteiger partial charge in [0, 0.05) is 17.8 Å². The molecule has 16 heavy (non-hydrogen) atoms. The minimum absolute atomic E-state index is 0.0832. The Morgan fingerprint density at radius 2 is 2.06 bits per heavy atom. The van der Waals surface area contributed by atoms with Crippen molar-refractivity contribution in [2.24, 2.45) is 5.10 Å². The van der Waals surface area contributed by atoms with E-state index < -0.39 is 4.92 Å². The maximum absolute atomic E-state index is 10.4. The second kappa shape index (κ2) is 5.85. The summed E-state index contributed by atoms with van der Waals surface area (Å²) >= 11 is 0. The summed E-state index contributed by atoms with van der Waals surface area (Å²) in [6.45, 7) is 4.03. The van der Waals surface area contributed by atoms with Gasteiger partial charge in [-0.3, -0.25) is 15.5 Å². The van der Waals surface area contributed by atoms with Crippen LogP contribution in [0.3, 0.4) is 0 Å². The molecule has 0 aliphatic carbocycles. The number of nitrogens with zero attached hydrogens (tertiary/aromatic N) is 2. The largest absolute Gasteiger partial charge is 0.279 e. The Morgan fingerprint density at radius 1 is 1.44 bits per heavy atom. The first-order chi connectivity index (χ1) is 7.63. The molecule has 1 N–H and O–H groups in total. The zero-order chi connectivity index (χ0) is 12.0. The number of hydrogen-bond acceptors (Lipinski definition) is 4. The SMILES string of the molecule is CCCC(C)=NNc1ccc([N+](=O)[O-])cc1. The van der Waals surface area contributed by atoms with E-state index in [0.717, 1.165) is 24.2 Å². The number of non-ortho nitro benzene ring substituents is 1. The van der Waals surface area contributed by atoms with Gasteiger partial charge in [-0.1, -0.05) is 13.3 Å². The van der Waals surface area contributed by atoms with E-state index in [4.69, 9.17) is 0 Å². The molecule has 0 saturated heterocycles. The van der Waals surface area contributed by atoms with Crippen LogP contribution in [-0.2, 0) is 0 Å². The highest BCUT2D eigenvalue weighted by Crippen LogP contribution is 2.15. The molecule has 1 aromatic carbocycles. The lowest BCUT2D eigenvalue weighted by molar-refractivity contribution is -0.384. The zero-order valence-corrected chi connectivity index (χ0v) is 9.43. The van der Waals surface area contributed by atoms with Crippen LogP contribution in [0.5, 0.6) is 0 Å². The summed E-state index contributed by atoms with van der Waals surface area (Å²) < 4.78 is 0. The Morgan fingerprint density at radius 3 is 2.56 bits per heavy atom. The number of hydrazone groups is 1. The van der Waals surface area contributed by atoms with Crippen molar-refractivity contribution in [2.45, 2.75) is 26.7 Å². The predicted molar refractivity (Wildman–Crippen MR) is 64.7 cm³/mol. The number of hydrogen-bond donors (Lipinski definition) is 1. The van der Waals surface area contributed by atoms with Gasteiger partial charge in [-0.25, -0.2) is 0 Å². The van der Waals surface area contributed by atoms with E-state index in [1.54, 1.807) is 12.1 Å². The maximum Gasteiger partial charge on any atom is 0.269 e. The van der Waals surface area contributed by atoms with E-state index in [2.05, 4.69) is 17.5 Å². The molecule has 1 rings (SSSR count). The number of rotatable bonds is 5. The lowest BCUT2D eigenvalue weighted by Gasteiger charge is -2.01. The van der Waals surface area contributed by atoms with Crippen molar-refractivity contribution >= 4 is 17.1 Å². The molecule has 5 nitrogen and oxygen atoms in total. The third-order valence-corrected chi connectivity index (χ3v) is 2.07. The number of anilines is 1. The van der Waals surface area contributed by atoms with Gasteiger partial charge in [0.25, 0.3) is 5.69 Å². The van der Waals surface area contributed by atoms with Crippen LogP contribution < -0.4 is 5.43 Å². The molecule has 0 aliphatic rings. The van der Waals surface area contributed by atoms with Crippen molar-refractivity contribution in [1.29, 1.82) is 0 Å². The smallest absolute Gasteiger partial charge is 0.269 e. The molecular weight excluding hydrogens is 206 g/mol. The third-order valence-electron chi connectivity index (χ3n) is 2.07. The Hall–Kier alpha value is -1.91. The second-order valence-electron chi connectivity index (χ2n) is 3.51. The first-order valence-corrected chi connectivity index (χ1v) is 5.17. The van der Waals surface area contributed by atoms with E-state index >= 15 is 0 Å². The molecule has 0 amide bonds. The van der Waals surface area contributed by atoms with Crippen molar-refractivity contribution < 1.29 is 4.92 Å². The van der Waals surface area contributed by atoms with Gasteiger partial charge in [-0.15, -0.1) is 0 Å². The lowest BCUT2D eigenvalue weighted by Crippen LogP contribution is -1.97. The predicted octanol–water partition coefficient (Wildman–Crippen LogP) is 3.18. The summed E-state index contributed by atoms with van der Waals surface area (Å²) in [7, 11) is 0. The van der Waals surface area contributed by atoms with Crippen LogP contribution in [0.2, 0.25) is 0 Å². The van der Waals surface area contributed by atoms with Crippen molar-refractivity contribution in [1.82, 2.24) is 0 Å². The van der Waals surface area contributed by atoms with Crippen LogP contribution in [-0.4, -0.2) is 10.6 Å². The van der Waals surface area contributed by atoms with Gasteiger partial charge in [-0.05, 0) is 25.5 Å². The molecular formula is C11H15N3O2. The molecule has 0 aromatic heterocycles. The number of nitro benzene ring substituents is 1. The van der Waals surface area contributed by atoms with E-state index in [1.807, 2.05) is 6.92 Å². The van der Waals surface area contributed by atoms with Crippen LogP contribution in [0.15, 0.2) is 29.4 Å². The summed E-state index contributed by atoms with van der Waals surface area (Å²) in [4.78, 5) is 10.00. The van der Waals surface area contributed by atoms with Crippen LogP contribution in [0, 0.1) is 10.1 Å². The molecule has 0 unspecified atom stereocenters. The van der Waals surface area contributed by atoms with Gasteiger partial charge < -0.3 is 0 Å². The van der Waals surface area contributed by atoms with Gasteiger partial charge in [0.15, 0.2) is 0 Å². The van der Waals surface area contributed by atoms with Crippen LogP contribution in [0.25, 0.3) is 0 Å². The highest BCUT2D eigenvalue weighted by molar-refractivity contribution is 5.82. The molecule has 0 saturated carbocycles. The normalized spacial score (nSPS) is 11.2. The van der Waals surface area contributed by atoms with Crippen molar-refractivity contribution in [3.05, 3.63) is 34.4 Å². The lowest BCUT2D eigenvalue weighted by atomic mass is 10.2. The fourth-order valence-corrected chi connectivity index (χ4v) is 1.24. The molecule has 5 heteroatoms. The number of nitrogens with one attached hydrogen (secondary N) is 1. The van der Waals surface area contributed by atoms with E-state index in [0.29, 0.717) is 0 Å². The fraction of sp³-hybridized carbons (Fsp3) is 0.364. The van der Waals surface area contributed by atoms with Gasteiger partial charge in [0.2, 0.25) is 0 Å². The average molecular weight is 221 g/mol. The molecule has 0 aliphatic heterocycles. The summed E-state index contributed by atoms with van der Waals surface area (Å²) in [5, 5.41) is 14.6. The Kier molecular flexibility index (Phi) is 4.44. The monoisotopic (exact) mass is 221 g/mol. The minimum atomic E-state index is -0.421.